The fraction of sp³-hybridized carbons (Fsp3) is 0.120. The smallest absolute Gasteiger partial charge is 0.294 e. The van der Waals surface area contributed by atoms with Crippen molar-refractivity contribution in [2.45, 2.75) is 11.0 Å². The van der Waals surface area contributed by atoms with Crippen LogP contribution in [0.1, 0.15) is 0 Å². The van der Waals surface area contributed by atoms with Crippen LogP contribution in [-0.2, 0) is 10.1 Å². The van der Waals surface area contributed by atoms with Crippen molar-refractivity contribution in [3.05, 3.63) is 84.9 Å². The molecule has 0 saturated heterocycles. The summed E-state index contributed by atoms with van der Waals surface area (Å²) in [5.41, 5.74) is 2.82. The van der Waals surface area contributed by atoms with Gasteiger partial charge in [0.15, 0.2) is 0 Å². The number of aliphatic hydroxyl groups is 2. The highest BCUT2D eigenvalue weighted by molar-refractivity contribution is 7.85. The van der Waals surface area contributed by atoms with Crippen molar-refractivity contribution in [3.8, 4) is 0 Å². The van der Waals surface area contributed by atoms with Crippen LogP contribution < -0.4 is 5.32 Å². The van der Waals surface area contributed by atoms with Crippen LogP contribution in [0.4, 0.5) is 28.4 Å². The minimum atomic E-state index is -4.42. The molecule has 4 rings (SSSR count). The van der Waals surface area contributed by atoms with E-state index < -0.39 is 16.2 Å². The number of hydrogen-bond acceptors (Lipinski definition) is 9. The Morgan fingerprint density at radius 1 is 0.750 bits per heavy atom. The lowest BCUT2D eigenvalue weighted by atomic mass is 10.1. The predicted molar refractivity (Wildman–Crippen MR) is 137 cm³/mol. The molecule has 0 aromatic heterocycles. The Kier molecular flexibility index (Phi) is 7.76. The molecule has 0 spiro atoms. The fourth-order valence-electron chi connectivity index (χ4n) is 3.29. The number of benzene rings is 4. The van der Waals surface area contributed by atoms with Crippen molar-refractivity contribution in [2.24, 2.45) is 20.5 Å². The Bertz CT molecular complexity index is 1510. The standard InChI is InChI=1S/C25H23N5O5S/c31-16-20(32)15-26-17-6-8-19(9-7-17)28-29-24-12-13-25(30-27-18-4-2-1-3-5-18)23-14-21(36(33,34)35)10-11-22(23)24/h1-14,20,26,31-32H,15-16H2,(H,33,34,35). The van der Waals surface area contributed by atoms with Crippen LogP contribution in [0.3, 0.4) is 0 Å². The maximum absolute atomic E-state index is 11.7. The van der Waals surface area contributed by atoms with Crippen LogP contribution >= 0.6 is 0 Å². The maximum atomic E-state index is 11.7. The predicted octanol–water partition coefficient (Wildman–Crippen LogP) is 5.68. The zero-order valence-electron chi connectivity index (χ0n) is 18.9. The van der Waals surface area contributed by atoms with Crippen LogP contribution in [0.25, 0.3) is 10.8 Å². The number of hydrogen-bond donors (Lipinski definition) is 4. The molecule has 4 aromatic rings. The summed E-state index contributed by atoms with van der Waals surface area (Å²) in [5, 5.41) is 39.4. The van der Waals surface area contributed by atoms with Gasteiger partial charge in [-0.05, 0) is 60.7 Å². The van der Waals surface area contributed by atoms with E-state index in [1.807, 2.05) is 18.2 Å². The van der Waals surface area contributed by atoms with Gasteiger partial charge in [-0.1, -0.05) is 24.3 Å². The molecule has 11 heteroatoms. The monoisotopic (exact) mass is 505 g/mol. The van der Waals surface area contributed by atoms with Crippen molar-refractivity contribution < 1.29 is 23.2 Å². The van der Waals surface area contributed by atoms with Crippen molar-refractivity contribution in [1.29, 1.82) is 0 Å². The molecular weight excluding hydrogens is 482 g/mol. The van der Waals surface area contributed by atoms with Crippen molar-refractivity contribution in [3.63, 3.8) is 0 Å². The number of anilines is 1. The molecular formula is C25H23N5O5S. The summed E-state index contributed by atoms with van der Waals surface area (Å²) >= 11 is 0. The van der Waals surface area contributed by atoms with Crippen LogP contribution in [0.5, 0.6) is 0 Å². The molecule has 0 saturated carbocycles. The van der Waals surface area contributed by atoms with E-state index in [1.54, 1.807) is 48.5 Å². The van der Waals surface area contributed by atoms with Crippen LogP contribution in [0.15, 0.2) is 110 Å². The van der Waals surface area contributed by atoms with Crippen molar-refractivity contribution in [1.82, 2.24) is 0 Å². The van der Waals surface area contributed by atoms with E-state index in [2.05, 4.69) is 25.8 Å². The van der Waals surface area contributed by atoms with E-state index in [-0.39, 0.29) is 18.0 Å². The van der Waals surface area contributed by atoms with Gasteiger partial charge in [-0.3, -0.25) is 4.55 Å². The molecule has 10 nitrogen and oxygen atoms in total. The second-order valence-corrected chi connectivity index (χ2v) is 9.21. The summed E-state index contributed by atoms with van der Waals surface area (Å²) in [6.45, 7) is -0.117. The molecule has 36 heavy (non-hydrogen) atoms. The van der Waals surface area contributed by atoms with Gasteiger partial charge in [0.25, 0.3) is 10.1 Å². The van der Waals surface area contributed by atoms with Crippen LogP contribution in [0.2, 0.25) is 0 Å². The minimum Gasteiger partial charge on any atom is -0.394 e. The Hall–Kier alpha value is -4.03. The zero-order chi connectivity index (χ0) is 25.5. The van der Waals surface area contributed by atoms with Gasteiger partial charge in [0.2, 0.25) is 0 Å². The SMILES string of the molecule is O=S(=O)(O)c1ccc2c(N=Nc3ccc(NCC(O)CO)cc3)ccc(N=Nc3ccccc3)c2c1. The van der Waals surface area contributed by atoms with E-state index in [9.17, 15) is 18.1 Å². The highest BCUT2D eigenvalue weighted by Gasteiger charge is 2.14. The summed E-state index contributed by atoms with van der Waals surface area (Å²) in [6, 6.07) is 23.6. The van der Waals surface area contributed by atoms with Gasteiger partial charge in [-0.25, -0.2) is 0 Å². The number of azo groups is 2. The molecule has 1 atom stereocenters. The van der Waals surface area contributed by atoms with E-state index in [1.165, 1.54) is 18.2 Å². The van der Waals surface area contributed by atoms with Crippen molar-refractivity contribution in [2.75, 3.05) is 18.5 Å². The minimum absolute atomic E-state index is 0.211. The third kappa shape index (κ3) is 6.34. The fourth-order valence-corrected chi connectivity index (χ4v) is 3.80. The van der Waals surface area contributed by atoms with Gasteiger partial charge < -0.3 is 15.5 Å². The van der Waals surface area contributed by atoms with Gasteiger partial charge in [0, 0.05) is 23.0 Å². The molecule has 0 fully saturated rings. The van der Waals surface area contributed by atoms with E-state index in [0.717, 1.165) is 5.69 Å². The first kappa shape index (κ1) is 25.1. The second-order valence-electron chi connectivity index (χ2n) is 7.79. The first-order valence-electron chi connectivity index (χ1n) is 10.9. The number of nitrogens with zero attached hydrogens (tertiary/aromatic N) is 4. The summed E-state index contributed by atoms with van der Waals surface area (Å²) in [6.07, 6.45) is -0.853. The van der Waals surface area contributed by atoms with Gasteiger partial charge in [-0.15, -0.1) is 10.2 Å². The lowest BCUT2D eigenvalue weighted by Gasteiger charge is -2.10. The van der Waals surface area contributed by atoms with Gasteiger partial charge >= 0.3 is 0 Å². The molecule has 1 unspecified atom stereocenters. The third-order valence-corrected chi connectivity index (χ3v) is 6.01. The maximum Gasteiger partial charge on any atom is 0.294 e. The lowest BCUT2D eigenvalue weighted by molar-refractivity contribution is 0.105. The summed E-state index contributed by atoms with van der Waals surface area (Å²) in [4.78, 5) is -0.269. The topological polar surface area (TPSA) is 156 Å². The van der Waals surface area contributed by atoms with E-state index in [0.29, 0.717) is 33.5 Å². The molecule has 184 valence electrons. The summed E-state index contributed by atoms with van der Waals surface area (Å²) < 4.78 is 33.0. The second kappa shape index (κ2) is 11.1. The summed E-state index contributed by atoms with van der Waals surface area (Å²) in [7, 11) is -4.42. The Labute approximate surface area is 207 Å². The molecule has 0 aliphatic rings. The molecule has 0 heterocycles. The number of rotatable bonds is 9. The highest BCUT2D eigenvalue weighted by Crippen LogP contribution is 2.36. The van der Waals surface area contributed by atoms with Gasteiger partial charge in [0.05, 0.1) is 40.4 Å². The molecule has 4 aromatic carbocycles. The summed E-state index contributed by atoms with van der Waals surface area (Å²) in [5.74, 6) is 0. The van der Waals surface area contributed by atoms with Crippen LogP contribution in [-0.4, -0.2) is 42.4 Å². The molecule has 0 aliphatic carbocycles. The van der Waals surface area contributed by atoms with Crippen molar-refractivity contribution >= 4 is 49.3 Å². The Morgan fingerprint density at radius 2 is 1.36 bits per heavy atom. The molecule has 4 N–H and O–H groups in total. The van der Waals surface area contributed by atoms with E-state index >= 15 is 0 Å². The molecule has 0 amide bonds. The van der Waals surface area contributed by atoms with E-state index in [4.69, 9.17) is 5.11 Å². The Balaban J connectivity index is 1.65. The average molecular weight is 506 g/mol. The van der Waals surface area contributed by atoms with Gasteiger partial charge in [-0.2, -0.15) is 18.6 Å². The largest absolute Gasteiger partial charge is 0.394 e. The molecule has 0 aliphatic heterocycles. The third-order valence-electron chi connectivity index (χ3n) is 5.16. The number of nitrogens with one attached hydrogen (secondary N) is 1. The van der Waals surface area contributed by atoms with Crippen LogP contribution in [0, 0.1) is 0 Å². The highest BCUT2D eigenvalue weighted by atomic mass is 32.2. The normalized spacial score (nSPS) is 13.0. The average Bonchev–Trinajstić information content (AvgIpc) is 2.90. The molecule has 0 radical (unpaired) electrons. The first-order valence-corrected chi connectivity index (χ1v) is 12.3. The quantitative estimate of drug-likeness (QED) is 0.169. The number of aliphatic hydroxyl groups excluding tert-OH is 2. The lowest BCUT2D eigenvalue weighted by Crippen LogP contribution is -2.22. The number of fused-ring (bicyclic) bond motifs is 1. The zero-order valence-corrected chi connectivity index (χ0v) is 19.7. The first-order chi connectivity index (χ1) is 17.3. The molecule has 0 bridgehead atoms. The Morgan fingerprint density at radius 3 is 1.97 bits per heavy atom. The van der Waals surface area contributed by atoms with Gasteiger partial charge in [0.1, 0.15) is 0 Å².